The van der Waals surface area contributed by atoms with E-state index in [1.165, 1.54) is 7.11 Å². The number of carbonyl (C=O) groups is 1. The van der Waals surface area contributed by atoms with Gasteiger partial charge in [-0.15, -0.1) is 0 Å². The summed E-state index contributed by atoms with van der Waals surface area (Å²) >= 11 is 0. The van der Waals surface area contributed by atoms with E-state index in [1.54, 1.807) is 0 Å². The lowest BCUT2D eigenvalue weighted by atomic mass is 9.80. The van der Waals surface area contributed by atoms with Crippen LogP contribution >= 0.6 is 0 Å². The predicted molar refractivity (Wildman–Crippen MR) is 53.7 cm³/mol. The average molecular weight is 196 g/mol. The molecule has 3 nitrogen and oxygen atoms in total. The molecule has 0 aromatic rings. The van der Waals surface area contributed by atoms with Gasteiger partial charge in [-0.05, 0) is 19.3 Å². The van der Waals surface area contributed by atoms with Crippen molar-refractivity contribution in [2.75, 3.05) is 13.7 Å². The number of ether oxygens (including phenoxy) is 1. The Morgan fingerprint density at radius 1 is 1.50 bits per heavy atom. The van der Waals surface area contributed by atoms with Gasteiger partial charge < -0.3 is 9.84 Å². The highest BCUT2D eigenvalue weighted by molar-refractivity contribution is 5.81. The van der Waals surface area contributed by atoms with Crippen molar-refractivity contribution in [1.82, 2.24) is 0 Å². The standard InChI is InChI=1S/C11H16O3/c1-14-10(13)11(8-5-9-12)6-3-2-4-7-11/h3-4,6-7,12H,2,5,8-9H2,1H3. The zero-order valence-electron chi connectivity index (χ0n) is 8.40. The van der Waals surface area contributed by atoms with Crippen LogP contribution in [-0.4, -0.2) is 24.8 Å². The molecule has 0 aromatic heterocycles. The Bertz CT molecular complexity index is 241. The fraction of sp³-hybridized carbons (Fsp3) is 0.545. The first kappa shape index (κ1) is 11.0. The van der Waals surface area contributed by atoms with Crippen molar-refractivity contribution in [2.45, 2.75) is 19.3 Å². The fourth-order valence-corrected chi connectivity index (χ4v) is 1.66. The lowest BCUT2D eigenvalue weighted by molar-refractivity contribution is -0.147. The van der Waals surface area contributed by atoms with Crippen molar-refractivity contribution in [2.24, 2.45) is 5.41 Å². The molecule has 0 atom stereocenters. The first-order valence-corrected chi connectivity index (χ1v) is 4.80. The van der Waals surface area contributed by atoms with Crippen molar-refractivity contribution in [3.8, 4) is 0 Å². The lowest BCUT2D eigenvalue weighted by Gasteiger charge is -2.25. The molecule has 0 heterocycles. The second-order valence-corrected chi connectivity index (χ2v) is 3.40. The molecule has 0 saturated carbocycles. The van der Waals surface area contributed by atoms with Gasteiger partial charge in [-0.1, -0.05) is 24.3 Å². The molecular formula is C11H16O3. The largest absolute Gasteiger partial charge is 0.468 e. The van der Waals surface area contributed by atoms with Crippen molar-refractivity contribution in [3.05, 3.63) is 24.3 Å². The summed E-state index contributed by atoms with van der Waals surface area (Å²) in [6.07, 6.45) is 9.70. The van der Waals surface area contributed by atoms with E-state index in [1.807, 2.05) is 24.3 Å². The minimum atomic E-state index is -0.643. The van der Waals surface area contributed by atoms with E-state index in [4.69, 9.17) is 9.84 Å². The van der Waals surface area contributed by atoms with Crippen LogP contribution in [-0.2, 0) is 9.53 Å². The molecule has 1 rings (SSSR count). The van der Waals surface area contributed by atoms with E-state index in [0.717, 1.165) is 6.42 Å². The summed E-state index contributed by atoms with van der Waals surface area (Å²) in [6.45, 7) is 0.0976. The molecule has 1 aliphatic carbocycles. The number of aliphatic hydroxyl groups excluding tert-OH is 1. The number of methoxy groups -OCH3 is 1. The van der Waals surface area contributed by atoms with Gasteiger partial charge in [-0.2, -0.15) is 0 Å². The highest BCUT2D eigenvalue weighted by Crippen LogP contribution is 2.32. The van der Waals surface area contributed by atoms with E-state index in [0.29, 0.717) is 12.8 Å². The van der Waals surface area contributed by atoms with Gasteiger partial charge in [0.25, 0.3) is 0 Å². The van der Waals surface area contributed by atoms with Gasteiger partial charge in [-0.3, -0.25) is 4.79 Å². The van der Waals surface area contributed by atoms with Crippen molar-refractivity contribution < 1.29 is 14.6 Å². The summed E-state index contributed by atoms with van der Waals surface area (Å²) in [4.78, 5) is 11.6. The molecule has 1 N–H and O–H groups in total. The molecular weight excluding hydrogens is 180 g/mol. The Kier molecular flexibility index (Phi) is 3.89. The van der Waals surface area contributed by atoms with Gasteiger partial charge in [0.05, 0.1) is 7.11 Å². The van der Waals surface area contributed by atoms with Crippen molar-refractivity contribution in [1.29, 1.82) is 0 Å². The van der Waals surface area contributed by atoms with Crippen molar-refractivity contribution >= 4 is 5.97 Å². The molecule has 0 bridgehead atoms. The molecule has 14 heavy (non-hydrogen) atoms. The Labute approximate surface area is 84.1 Å². The van der Waals surface area contributed by atoms with E-state index >= 15 is 0 Å². The van der Waals surface area contributed by atoms with Crippen LogP contribution in [0.3, 0.4) is 0 Å². The fourth-order valence-electron chi connectivity index (χ4n) is 1.66. The van der Waals surface area contributed by atoms with Crippen LogP contribution in [0.5, 0.6) is 0 Å². The molecule has 0 aliphatic heterocycles. The molecule has 78 valence electrons. The summed E-state index contributed by atoms with van der Waals surface area (Å²) in [5, 5.41) is 8.77. The van der Waals surface area contributed by atoms with Gasteiger partial charge in [0.1, 0.15) is 5.41 Å². The number of rotatable bonds is 4. The van der Waals surface area contributed by atoms with Crippen LogP contribution in [0.1, 0.15) is 19.3 Å². The monoisotopic (exact) mass is 196 g/mol. The summed E-state index contributed by atoms with van der Waals surface area (Å²) in [5.74, 6) is -0.252. The maximum absolute atomic E-state index is 11.6. The normalized spacial score (nSPS) is 18.1. The van der Waals surface area contributed by atoms with Crippen LogP contribution in [0.2, 0.25) is 0 Å². The summed E-state index contributed by atoms with van der Waals surface area (Å²) in [5.41, 5.74) is -0.643. The molecule has 0 radical (unpaired) electrons. The highest BCUT2D eigenvalue weighted by atomic mass is 16.5. The van der Waals surface area contributed by atoms with E-state index in [-0.39, 0.29) is 12.6 Å². The first-order valence-electron chi connectivity index (χ1n) is 4.80. The quantitative estimate of drug-likeness (QED) is 0.546. The highest BCUT2D eigenvalue weighted by Gasteiger charge is 2.34. The van der Waals surface area contributed by atoms with Crippen molar-refractivity contribution in [3.63, 3.8) is 0 Å². The maximum atomic E-state index is 11.6. The lowest BCUT2D eigenvalue weighted by Crippen LogP contribution is -2.29. The third kappa shape index (κ3) is 2.23. The smallest absolute Gasteiger partial charge is 0.319 e. The molecule has 0 aromatic carbocycles. The molecule has 0 fully saturated rings. The third-order valence-electron chi connectivity index (χ3n) is 2.42. The molecule has 0 spiro atoms. The van der Waals surface area contributed by atoms with Gasteiger partial charge in [-0.25, -0.2) is 0 Å². The molecule has 0 unspecified atom stereocenters. The maximum Gasteiger partial charge on any atom is 0.319 e. The van der Waals surface area contributed by atoms with Crippen LogP contribution < -0.4 is 0 Å². The number of esters is 1. The Morgan fingerprint density at radius 3 is 2.64 bits per heavy atom. The van der Waals surface area contributed by atoms with Gasteiger partial charge in [0.15, 0.2) is 0 Å². The Morgan fingerprint density at radius 2 is 2.14 bits per heavy atom. The zero-order valence-corrected chi connectivity index (χ0v) is 8.40. The van der Waals surface area contributed by atoms with Crippen LogP contribution in [0.15, 0.2) is 24.3 Å². The number of carbonyl (C=O) groups excluding carboxylic acids is 1. The summed E-state index contributed by atoms with van der Waals surface area (Å²) in [7, 11) is 1.39. The van der Waals surface area contributed by atoms with Crippen LogP contribution in [0.4, 0.5) is 0 Å². The number of hydrogen-bond donors (Lipinski definition) is 1. The first-order chi connectivity index (χ1) is 6.75. The third-order valence-corrected chi connectivity index (χ3v) is 2.42. The van der Waals surface area contributed by atoms with Gasteiger partial charge in [0.2, 0.25) is 0 Å². The second kappa shape index (κ2) is 4.96. The molecule has 1 aliphatic rings. The summed E-state index contributed by atoms with van der Waals surface area (Å²) in [6, 6.07) is 0. The molecule has 0 amide bonds. The SMILES string of the molecule is COC(=O)C1(CCCO)C=CCC=C1. The van der Waals surface area contributed by atoms with E-state index in [9.17, 15) is 4.79 Å². The number of hydrogen-bond acceptors (Lipinski definition) is 3. The van der Waals surface area contributed by atoms with Gasteiger partial charge >= 0.3 is 5.97 Å². The summed E-state index contributed by atoms with van der Waals surface area (Å²) < 4.78 is 4.77. The molecule has 0 saturated heterocycles. The van der Waals surface area contributed by atoms with Crippen LogP contribution in [0.25, 0.3) is 0 Å². The van der Waals surface area contributed by atoms with E-state index in [2.05, 4.69) is 0 Å². The van der Waals surface area contributed by atoms with Gasteiger partial charge in [0, 0.05) is 6.61 Å². The predicted octanol–water partition coefficient (Wildman–Crippen LogP) is 1.43. The Balaban J connectivity index is 2.78. The van der Waals surface area contributed by atoms with E-state index < -0.39 is 5.41 Å². The topological polar surface area (TPSA) is 46.5 Å². The number of allylic oxidation sites excluding steroid dienone is 2. The average Bonchev–Trinajstić information content (AvgIpc) is 2.26. The number of aliphatic hydroxyl groups is 1. The Hall–Kier alpha value is -1.09. The minimum Gasteiger partial charge on any atom is -0.468 e. The molecule has 3 heteroatoms. The zero-order chi connectivity index (χ0) is 10.4. The second-order valence-electron chi connectivity index (χ2n) is 3.40. The van der Waals surface area contributed by atoms with Crippen LogP contribution in [0, 0.1) is 5.41 Å². The minimum absolute atomic E-state index is 0.0976.